The molecule has 2 heteroatoms. The molecule has 1 aliphatic heterocycles. The van der Waals surface area contributed by atoms with Gasteiger partial charge in [0, 0.05) is 28.4 Å². The molecule has 0 radical (unpaired) electrons. The number of hydrogen-bond donors (Lipinski definition) is 0. The molecular weight excluding hydrogens is 523 g/mol. The summed E-state index contributed by atoms with van der Waals surface area (Å²) in [7, 11) is -1.85. The van der Waals surface area contributed by atoms with Gasteiger partial charge < -0.3 is 4.57 Å². The van der Waals surface area contributed by atoms with Gasteiger partial charge in [0.05, 0.1) is 0 Å². The van der Waals surface area contributed by atoms with Crippen molar-refractivity contribution in [2.45, 2.75) is 68.0 Å². The summed E-state index contributed by atoms with van der Waals surface area (Å²) < 4.78 is 2.37. The van der Waals surface area contributed by atoms with Gasteiger partial charge in [-0.05, 0) is 52.2 Å². The summed E-state index contributed by atoms with van der Waals surface area (Å²) in [5.41, 5.74) is 5.69. The second-order valence-corrected chi connectivity index (χ2v) is 13.7. The minimum absolute atomic E-state index is 1.02. The first-order chi connectivity index (χ1) is 20.7. The maximum Gasteiger partial charge on any atom is 0.146 e. The van der Waals surface area contributed by atoms with Gasteiger partial charge in [-0.1, -0.05) is 163 Å². The van der Waals surface area contributed by atoms with E-state index in [1.165, 1.54) is 38.1 Å². The van der Waals surface area contributed by atoms with Gasteiger partial charge >= 0.3 is 0 Å². The van der Waals surface area contributed by atoms with Crippen LogP contribution in [0.1, 0.15) is 59.6 Å². The van der Waals surface area contributed by atoms with E-state index in [9.17, 15) is 0 Å². The van der Waals surface area contributed by atoms with E-state index in [2.05, 4.69) is 145 Å². The minimum atomic E-state index is -1.85. The number of hydrogen-bond acceptors (Lipinski definition) is 0. The molecule has 0 bridgehead atoms. The Morgan fingerprint density at radius 2 is 0.881 bits per heavy atom. The summed E-state index contributed by atoms with van der Waals surface area (Å²) in [5.74, 6) is 0. The van der Waals surface area contributed by atoms with E-state index in [4.69, 9.17) is 0 Å². The van der Waals surface area contributed by atoms with Crippen LogP contribution in [-0.2, 0) is 13.0 Å². The van der Waals surface area contributed by atoms with Crippen molar-refractivity contribution in [3.8, 4) is 0 Å². The van der Waals surface area contributed by atoms with E-state index in [-0.39, 0.29) is 0 Å². The molecule has 0 amide bonds. The van der Waals surface area contributed by atoms with Crippen LogP contribution in [0, 0.1) is 0 Å². The molecule has 1 nitrogen and oxygen atoms in total. The van der Waals surface area contributed by atoms with E-state index >= 15 is 0 Å². The SMILES string of the molecule is CC.CC.CC.CCn1c2ccccc2c2ccccc21.C[Si]1(c2ccccc2)c2ccccc2Cc2ccccc21. The van der Waals surface area contributed by atoms with E-state index in [0.29, 0.717) is 0 Å². The van der Waals surface area contributed by atoms with Gasteiger partial charge in [0.15, 0.2) is 0 Å². The van der Waals surface area contributed by atoms with E-state index in [1.807, 2.05) is 41.5 Å². The predicted octanol–water partition coefficient (Wildman–Crippen LogP) is 9.58. The molecule has 0 atom stereocenters. The van der Waals surface area contributed by atoms with Crippen molar-refractivity contribution in [3.05, 3.63) is 139 Å². The van der Waals surface area contributed by atoms with Crippen LogP contribution in [0.2, 0.25) is 6.55 Å². The third kappa shape index (κ3) is 6.29. The van der Waals surface area contributed by atoms with Crippen molar-refractivity contribution in [3.63, 3.8) is 0 Å². The molecule has 0 saturated carbocycles. The van der Waals surface area contributed by atoms with Crippen molar-refractivity contribution in [2.24, 2.45) is 0 Å². The number of aryl methyl sites for hydroxylation is 1. The van der Waals surface area contributed by atoms with Crippen LogP contribution in [0.3, 0.4) is 0 Å². The third-order valence-corrected chi connectivity index (χ3v) is 12.5. The first-order valence-corrected chi connectivity index (χ1v) is 18.4. The largest absolute Gasteiger partial charge is 0.341 e. The number of fused-ring (bicyclic) bond motifs is 5. The van der Waals surface area contributed by atoms with Crippen molar-refractivity contribution in [2.75, 3.05) is 0 Å². The molecule has 2 heterocycles. The molecule has 0 fully saturated rings. The molecular formula is C40H49NSi. The average Bonchev–Trinajstić information content (AvgIpc) is 3.42. The lowest BCUT2D eigenvalue weighted by atomic mass is 10.0. The predicted molar refractivity (Wildman–Crippen MR) is 192 cm³/mol. The highest BCUT2D eigenvalue weighted by Crippen LogP contribution is 2.28. The standard InChI is InChI=1S/C20H18Si.C14H13N.3C2H6/c1-21(18-11-3-2-4-12-18)19-13-7-5-9-16(19)15-17-10-6-8-14-20(17)21;1-2-15-13-9-5-3-7-11(13)12-8-4-6-10-14(12)15;3*1-2/h2-14H,15H2,1H3;3-10H,2H2,1H3;3*1-2H3. The average molecular weight is 572 g/mol. The highest BCUT2D eigenvalue weighted by atomic mass is 28.3. The van der Waals surface area contributed by atoms with Crippen LogP contribution in [0.5, 0.6) is 0 Å². The van der Waals surface area contributed by atoms with Gasteiger partial charge in [-0.15, -0.1) is 0 Å². The molecule has 7 rings (SSSR count). The van der Waals surface area contributed by atoms with Crippen LogP contribution in [0.25, 0.3) is 21.8 Å². The highest BCUT2D eigenvalue weighted by Gasteiger charge is 2.39. The van der Waals surface area contributed by atoms with Crippen LogP contribution >= 0.6 is 0 Å². The topological polar surface area (TPSA) is 4.93 Å². The Hall–Kier alpha value is -3.88. The Balaban J connectivity index is 0.000000203. The molecule has 0 saturated heterocycles. The molecule has 218 valence electrons. The van der Waals surface area contributed by atoms with Crippen molar-refractivity contribution >= 4 is 45.4 Å². The van der Waals surface area contributed by atoms with Crippen LogP contribution in [-0.4, -0.2) is 12.6 Å². The Morgan fingerprint density at radius 3 is 1.33 bits per heavy atom. The molecule has 0 spiro atoms. The number of benzene rings is 5. The Labute approximate surface area is 255 Å². The quantitative estimate of drug-likeness (QED) is 0.182. The lowest BCUT2D eigenvalue weighted by Crippen LogP contribution is -2.68. The van der Waals surface area contributed by atoms with Gasteiger partial charge in [-0.25, -0.2) is 0 Å². The fourth-order valence-corrected chi connectivity index (χ4v) is 10.4. The summed E-state index contributed by atoms with van der Waals surface area (Å²) in [4.78, 5) is 0. The number of para-hydroxylation sites is 2. The minimum Gasteiger partial charge on any atom is -0.341 e. The number of nitrogens with zero attached hydrogens (tertiary/aromatic N) is 1. The summed E-state index contributed by atoms with van der Waals surface area (Å²) in [5, 5.41) is 7.37. The summed E-state index contributed by atoms with van der Waals surface area (Å²) in [6.45, 7) is 17.7. The molecule has 42 heavy (non-hydrogen) atoms. The first-order valence-electron chi connectivity index (χ1n) is 15.9. The number of aromatic nitrogens is 1. The van der Waals surface area contributed by atoms with Crippen molar-refractivity contribution < 1.29 is 0 Å². The second kappa shape index (κ2) is 15.9. The maximum absolute atomic E-state index is 2.50. The van der Waals surface area contributed by atoms with Gasteiger partial charge in [0.1, 0.15) is 8.07 Å². The zero-order valence-electron chi connectivity index (χ0n) is 27.0. The fraction of sp³-hybridized carbons (Fsp3) is 0.250. The van der Waals surface area contributed by atoms with E-state index in [1.54, 1.807) is 10.4 Å². The van der Waals surface area contributed by atoms with Crippen LogP contribution in [0.4, 0.5) is 0 Å². The molecule has 0 N–H and O–H groups in total. The van der Waals surface area contributed by atoms with Gasteiger partial charge in [0.2, 0.25) is 0 Å². The summed E-state index contributed by atoms with van der Waals surface area (Å²) in [6, 6.07) is 46.3. The van der Waals surface area contributed by atoms with Crippen molar-refractivity contribution in [1.29, 1.82) is 0 Å². The Morgan fingerprint density at radius 1 is 0.500 bits per heavy atom. The second-order valence-electron chi connectivity index (χ2n) is 9.76. The monoisotopic (exact) mass is 571 g/mol. The third-order valence-electron chi connectivity index (χ3n) is 7.84. The maximum atomic E-state index is 2.50. The van der Waals surface area contributed by atoms with E-state index in [0.717, 1.165) is 13.0 Å². The lowest BCUT2D eigenvalue weighted by molar-refractivity contribution is 0.827. The smallest absolute Gasteiger partial charge is 0.146 e. The molecule has 5 aromatic carbocycles. The molecule has 1 aliphatic rings. The Kier molecular flexibility index (Phi) is 12.4. The Bertz CT molecular complexity index is 1560. The van der Waals surface area contributed by atoms with E-state index < -0.39 is 8.07 Å². The normalized spacial score (nSPS) is 12.0. The summed E-state index contributed by atoms with van der Waals surface area (Å²) in [6.07, 6.45) is 1.07. The zero-order chi connectivity index (χ0) is 30.5. The van der Waals surface area contributed by atoms with Crippen LogP contribution in [0.15, 0.2) is 127 Å². The first kappa shape index (κ1) is 32.6. The van der Waals surface area contributed by atoms with Crippen LogP contribution < -0.4 is 15.6 Å². The highest BCUT2D eigenvalue weighted by molar-refractivity contribution is 7.11. The number of rotatable bonds is 2. The molecule has 6 aromatic rings. The zero-order valence-corrected chi connectivity index (χ0v) is 28.0. The lowest BCUT2D eigenvalue weighted by Gasteiger charge is -2.37. The van der Waals surface area contributed by atoms with Crippen molar-refractivity contribution in [1.82, 2.24) is 4.57 Å². The molecule has 1 aromatic heterocycles. The summed E-state index contributed by atoms with van der Waals surface area (Å²) >= 11 is 0. The molecule has 0 unspecified atom stereocenters. The van der Waals surface area contributed by atoms with Gasteiger partial charge in [-0.3, -0.25) is 0 Å². The van der Waals surface area contributed by atoms with Gasteiger partial charge in [0.25, 0.3) is 0 Å². The van der Waals surface area contributed by atoms with Gasteiger partial charge in [-0.2, -0.15) is 0 Å². The molecule has 0 aliphatic carbocycles. The fourth-order valence-electron chi connectivity index (χ4n) is 6.10.